The quantitative estimate of drug-likeness (QED) is 0.768. The first kappa shape index (κ1) is 11.9. The molecule has 2 saturated carbocycles. The van der Waals surface area contributed by atoms with E-state index in [1.54, 1.807) is 0 Å². The van der Waals surface area contributed by atoms with E-state index in [1.165, 1.54) is 12.8 Å². The Hall–Kier alpha value is -0.570. The fourth-order valence-electron chi connectivity index (χ4n) is 2.81. The van der Waals surface area contributed by atoms with Crippen molar-refractivity contribution >= 4 is 5.91 Å². The van der Waals surface area contributed by atoms with Crippen molar-refractivity contribution in [3.8, 4) is 0 Å². The third-order valence-corrected chi connectivity index (χ3v) is 4.30. The van der Waals surface area contributed by atoms with Gasteiger partial charge in [-0.3, -0.25) is 4.79 Å². The molecule has 0 heterocycles. The number of hydrogen-bond acceptors (Lipinski definition) is 2. The van der Waals surface area contributed by atoms with Crippen LogP contribution in [-0.4, -0.2) is 23.7 Å². The lowest BCUT2D eigenvalue weighted by atomic mass is 9.85. The standard InChI is InChI=1S/C13H23NO2/c1-13(2)7-10(13)12(16)14-11-6-4-3-5-9(11)8-15/h9-11,15H,3-8H2,1-2H3,(H,14,16). The van der Waals surface area contributed by atoms with Crippen molar-refractivity contribution in [1.29, 1.82) is 0 Å². The van der Waals surface area contributed by atoms with Crippen LogP contribution >= 0.6 is 0 Å². The van der Waals surface area contributed by atoms with Crippen LogP contribution in [0.2, 0.25) is 0 Å². The molecule has 0 radical (unpaired) electrons. The molecule has 3 nitrogen and oxygen atoms in total. The Bertz CT molecular complexity index is 275. The van der Waals surface area contributed by atoms with Crippen LogP contribution in [0.3, 0.4) is 0 Å². The van der Waals surface area contributed by atoms with E-state index in [2.05, 4.69) is 19.2 Å². The van der Waals surface area contributed by atoms with Crippen molar-refractivity contribution in [3.63, 3.8) is 0 Å². The summed E-state index contributed by atoms with van der Waals surface area (Å²) in [6.45, 7) is 4.49. The number of aliphatic hydroxyl groups excluding tert-OH is 1. The molecule has 3 atom stereocenters. The molecule has 0 saturated heterocycles. The monoisotopic (exact) mass is 225 g/mol. The van der Waals surface area contributed by atoms with Gasteiger partial charge in [-0.1, -0.05) is 26.7 Å². The van der Waals surface area contributed by atoms with Gasteiger partial charge in [0.25, 0.3) is 0 Å². The van der Waals surface area contributed by atoms with E-state index in [1.807, 2.05) is 0 Å². The van der Waals surface area contributed by atoms with Gasteiger partial charge >= 0.3 is 0 Å². The summed E-state index contributed by atoms with van der Waals surface area (Å²) in [5.41, 5.74) is 0.202. The summed E-state index contributed by atoms with van der Waals surface area (Å²) in [7, 11) is 0. The highest BCUT2D eigenvalue weighted by molar-refractivity contribution is 5.82. The predicted molar refractivity (Wildman–Crippen MR) is 62.9 cm³/mol. The maximum Gasteiger partial charge on any atom is 0.223 e. The van der Waals surface area contributed by atoms with Gasteiger partial charge in [0, 0.05) is 24.5 Å². The normalized spacial score (nSPS) is 36.8. The molecular formula is C13H23NO2. The van der Waals surface area contributed by atoms with Gasteiger partial charge in [-0.2, -0.15) is 0 Å². The van der Waals surface area contributed by atoms with Crippen LogP contribution in [0.15, 0.2) is 0 Å². The summed E-state index contributed by atoms with van der Waals surface area (Å²) in [5, 5.41) is 12.4. The van der Waals surface area contributed by atoms with Crippen molar-refractivity contribution in [2.24, 2.45) is 17.3 Å². The Morgan fingerprint density at radius 3 is 2.56 bits per heavy atom. The SMILES string of the molecule is CC1(C)CC1C(=O)NC1CCCCC1CO. The number of aliphatic hydroxyl groups is 1. The van der Waals surface area contributed by atoms with E-state index >= 15 is 0 Å². The molecule has 0 aromatic carbocycles. The summed E-state index contributed by atoms with van der Waals surface area (Å²) < 4.78 is 0. The molecule has 2 rings (SSSR count). The van der Waals surface area contributed by atoms with E-state index < -0.39 is 0 Å². The zero-order chi connectivity index (χ0) is 11.8. The van der Waals surface area contributed by atoms with E-state index in [-0.39, 0.29) is 35.8 Å². The molecule has 16 heavy (non-hydrogen) atoms. The Balaban J connectivity index is 1.86. The van der Waals surface area contributed by atoms with Crippen molar-refractivity contribution in [1.82, 2.24) is 5.32 Å². The summed E-state index contributed by atoms with van der Waals surface area (Å²) in [6, 6.07) is 0.211. The van der Waals surface area contributed by atoms with Gasteiger partial charge < -0.3 is 10.4 Å². The number of rotatable bonds is 3. The Kier molecular flexibility index (Phi) is 3.24. The molecule has 0 spiro atoms. The minimum atomic E-state index is 0.202. The van der Waals surface area contributed by atoms with Gasteiger partial charge in [-0.15, -0.1) is 0 Å². The summed E-state index contributed by atoms with van der Waals surface area (Å²) >= 11 is 0. The molecule has 0 aromatic heterocycles. The smallest absolute Gasteiger partial charge is 0.223 e. The van der Waals surface area contributed by atoms with Crippen molar-refractivity contribution in [2.45, 2.75) is 52.0 Å². The van der Waals surface area contributed by atoms with Crippen molar-refractivity contribution in [2.75, 3.05) is 6.61 Å². The molecule has 0 bridgehead atoms. The Morgan fingerprint density at radius 2 is 2.00 bits per heavy atom. The molecule has 2 aliphatic carbocycles. The fourth-order valence-corrected chi connectivity index (χ4v) is 2.81. The largest absolute Gasteiger partial charge is 0.396 e. The maximum atomic E-state index is 12.0. The zero-order valence-electron chi connectivity index (χ0n) is 10.3. The molecule has 3 heteroatoms. The maximum absolute atomic E-state index is 12.0. The van der Waals surface area contributed by atoms with E-state index in [9.17, 15) is 9.90 Å². The van der Waals surface area contributed by atoms with Gasteiger partial charge in [0.1, 0.15) is 0 Å². The lowest BCUT2D eigenvalue weighted by Crippen LogP contribution is -2.44. The molecular weight excluding hydrogens is 202 g/mol. The average molecular weight is 225 g/mol. The molecule has 2 N–H and O–H groups in total. The van der Waals surface area contributed by atoms with Crippen LogP contribution in [0.25, 0.3) is 0 Å². The van der Waals surface area contributed by atoms with Crippen LogP contribution in [0.1, 0.15) is 46.0 Å². The Labute approximate surface area is 97.6 Å². The number of amides is 1. The van der Waals surface area contributed by atoms with Crippen LogP contribution < -0.4 is 5.32 Å². The first-order valence-electron chi connectivity index (χ1n) is 6.46. The van der Waals surface area contributed by atoms with Gasteiger partial charge in [-0.05, 0) is 24.7 Å². The molecule has 0 aliphatic heterocycles. The third kappa shape index (κ3) is 2.40. The number of hydrogen-bond donors (Lipinski definition) is 2. The van der Waals surface area contributed by atoms with Crippen LogP contribution in [-0.2, 0) is 4.79 Å². The van der Waals surface area contributed by atoms with E-state index in [0.717, 1.165) is 19.3 Å². The average Bonchev–Trinajstić information content (AvgIpc) is 2.89. The van der Waals surface area contributed by atoms with Gasteiger partial charge in [0.2, 0.25) is 5.91 Å². The first-order valence-corrected chi connectivity index (χ1v) is 6.46. The van der Waals surface area contributed by atoms with Gasteiger partial charge in [-0.25, -0.2) is 0 Å². The van der Waals surface area contributed by atoms with Crippen LogP contribution in [0.4, 0.5) is 0 Å². The lowest BCUT2D eigenvalue weighted by molar-refractivity contribution is -0.124. The second-order valence-electron chi connectivity index (χ2n) is 6.09. The molecule has 3 unspecified atom stereocenters. The highest BCUT2D eigenvalue weighted by Crippen LogP contribution is 2.51. The number of carbonyl (C=O) groups is 1. The Morgan fingerprint density at radius 1 is 1.38 bits per heavy atom. The number of carbonyl (C=O) groups excluding carboxylic acids is 1. The van der Waals surface area contributed by atoms with E-state index in [0.29, 0.717) is 0 Å². The minimum absolute atomic E-state index is 0.202. The van der Waals surface area contributed by atoms with Crippen molar-refractivity contribution < 1.29 is 9.90 Å². The summed E-state index contributed by atoms with van der Waals surface area (Å²) in [6.07, 6.45) is 5.46. The van der Waals surface area contributed by atoms with Gasteiger partial charge in [0.05, 0.1) is 0 Å². The predicted octanol–water partition coefficient (Wildman–Crippen LogP) is 1.70. The molecule has 0 aromatic rings. The molecule has 2 aliphatic rings. The molecule has 2 fully saturated rings. The number of nitrogens with one attached hydrogen (secondary N) is 1. The minimum Gasteiger partial charge on any atom is -0.396 e. The third-order valence-electron chi connectivity index (χ3n) is 4.30. The molecule has 92 valence electrons. The highest BCUT2D eigenvalue weighted by Gasteiger charge is 2.51. The molecule has 1 amide bonds. The first-order chi connectivity index (χ1) is 7.54. The fraction of sp³-hybridized carbons (Fsp3) is 0.923. The van der Waals surface area contributed by atoms with Crippen LogP contribution in [0, 0.1) is 17.3 Å². The van der Waals surface area contributed by atoms with Crippen LogP contribution in [0.5, 0.6) is 0 Å². The second-order valence-corrected chi connectivity index (χ2v) is 6.09. The van der Waals surface area contributed by atoms with Crippen molar-refractivity contribution in [3.05, 3.63) is 0 Å². The lowest BCUT2D eigenvalue weighted by Gasteiger charge is -2.31. The summed E-state index contributed by atoms with van der Waals surface area (Å²) in [4.78, 5) is 12.0. The van der Waals surface area contributed by atoms with Gasteiger partial charge in [0.15, 0.2) is 0 Å². The second kappa shape index (κ2) is 4.36. The topological polar surface area (TPSA) is 49.3 Å². The van der Waals surface area contributed by atoms with E-state index in [4.69, 9.17) is 0 Å². The summed E-state index contributed by atoms with van der Waals surface area (Å²) in [5.74, 6) is 0.684. The highest BCUT2D eigenvalue weighted by atomic mass is 16.3. The zero-order valence-corrected chi connectivity index (χ0v) is 10.3.